The van der Waals surface area contributed by atoms with Gasteiger partial charge in [-0.05, 0) is 44.0 Å². The Hall–Kier alpha value is -3.15. The number of hydrogen-bond donors (Lipinski definition) is 1. The summed E-state index contributed by atoms with van der Waals surface area (Å²) in [6, 6.07) is 7.89. The number of hydrogen-bond acceptors (Lipinski definition) is 4. The Balaban J connectivity index is 2.15. The van der Waals surface area contributed by atoms with E-state index in [0.717, 1.165) is 63.2 Å². The van der Waals surface area contributed by atoms with Crippen molar-refractivity contribution in [1.82, 2.24) is 14.6 Å². The van der Waals surface area contributed by atoms with Gasteiger partial charge in [0.05, 0.1) is 23.6 Å². The lowest BCUT2D eigenvalue weighted by Crippen LogP contribution is -2.17. The number of carboxylic acid groups (broad SMARTS) is 1. The first-order chi connectivity index (χ1) is 15.2. The van der Waals surface area contributed by atoms with Gasteiger partial charge < -0.3 is 9.52 Å². The third-order valence-corrected chi connectivity index (χ3v) is 6.10. The molecule has 6 heteroatoms. The normalized spacial score (nSPS) is 13.2. The molecule has 0 spiro atoms. The summed E-state index contributed by atoms with van der Waals surface area (Å²) >= 11 is 0. The summed E-state index contributed by atoms with van der Waals surface area (Å²) < 4.78 is 7.41. The Labute approximate surface area is 188 Å². The van der Waals surface area contributed by atoms with E-state index in [-0.39, 0.29) is 5.41 Å². The fourth-order valence-corrected chi connectivity index (χ4v) is 4.63. The Morgan fingerprint density at radius 2 is 1.97 bits per heavy atom. The van der Waals surface area contributed by atoms with Gasteiger partial charge in [-0.15, -0.1) is 0 Å². The summed E-state index contributed by atoms with van der Waals surface area (Å²) in [6.45, 7) is 12.5. The second-order valence-corrected chi connectivity index (χ2v) is 9.48. The van der Waals surface area contributed by atoms with Gasteiger partial charge in [0.1, 0.15) is 5.58 Å². The van der Waals surface area contributed by atoms with Crippen molar-refractivity contribution in [3.8, 4) is 11.3 Å². The SMILES string of the molecule is CCCC(C(=O)O)c1c(C)nc2c(CC)c(C(C)(C)C)nn2c1-c1ccc2occc2c1. The number of carbonyl (C=O) groups is 1. The minimum Gasteiger partial charge on any atom is -0.481 e. The molecule has 1 unspecified atom stereocenters. The number of furan rings is 1. The van der Waals surface area contributed by atoms with Crippen molar-refractivity contribution in [2.24, 2.45) is 0 Å². The van der Waals surface area contributed by atoms with E-state index in [1.54, 1.807) is 6.26 Å². The van der Waals surface area contributed by atoms with Crippen molar-refractivity contribution in [3.63, 3.8) is 0 Å². The van der Waals surface area contributed by atoms with Crippen molar-refractivity contribution < 1.29 is 14.3 Å². The highest BCUT2D eigenvalue weighted by atomic mass is 16.4. The molecule has 3 aromatic heterocycles. The van der Waals surface area contributed by atoms with Crippen LogP contribution in [0.15, 0.2) is 34.9 Å². The van der Waals surface area contributed by atoms with E-state index in [1.165, 1.54) is 0 Å². The van der Waals surface area contributed by atoms with Crippen LogP contribution in [-0.4, -0.2) is 25.7 Å². The molecule has 1 aromatic carbocycles. The quantitative estimate of drug-likeness (QED) is 0.387. The van der Waals surface area contributed by atoms with Crippen molar-refractivity contribution in [2.45, 2.75) is 72.1 Å². The molecule has 3 heterocycles. The summed E-state index contributed by atoms with van der Waals surface area (Å²) in [5.74, 6) is -1.49. The zero-order valence-electron chi connectivity index (χ0n) is 19.7. The minimum atomic E-state index is -0.833. The van der Waals surface area contributed by atoms with Gasteiger partial charge in [-0.3, -0.25) is 4.79 Å². The number of carboxylic acids is 1. The molecular formula is C26H31N3O3. The average molecular weight is 434 g/mol. The number of fused-ring (bicyclic) bond motifs is 2. The number of benzene rings is 1. The maximum Gasteiger partial charge on any atom is 0.311 e. The van der Waals surface area contributed by atoms with Crippen LogP contribution in [0.4, 0.5) is 0 Å². The molecule has 0 saturated carbocycles. The van der Waals surface area contributed by atoms with Gasteiger partial charge >= 0.3 is 5.97 Å². The Kier molecular flexibility index (Phi) is 5.57. The molecule has 168 valence electrons. The van der Waals surface area contributed by atoms with Crippen LogP contribution in [0.5, 0.6) is 0 Å². The fourth-order valence-electron chi connectivity index (χ4n) is 4.63. The third kappa shape index (κ3) is 3.57. The molecule has 0 aliphatic heterocycles. The first-order valence-electron chi connectivity index (χ1n) is 11.3. The van der Waals surface area contributed by atoms with Gasteiger partial charge in [0.25, 0.3) is 0 Å². The van der Waals surface area contributed by atoms with Crippen LogP contribution in [0.25, 0.3) is 27.9 Å². The monoisotopic (exact) mass is 433 g/mol. The van der Waals surface area contributed by atoms with Crippen LogP contribution >= 0.6 is 0 Å². The van der Waals surface area contributed by atoms with Crippen LogP contribution in [0.2, 0.25) is 0 Å². The predicted molar refractivity (Wildman–Crippen MR) is 126 cm³/mol. The lowest BCUT2D eigenvalue weighted by atomic mass is 9.88. The van der Waals surface area contributed by atoms with E-state index in [2.05, 4.69) is 27.7 Å². The van der Waals surface area contributed by atoms with Gasteiger partial charge in [0.2, 0.25) is 0 Å². The molecule has 0 saturated heterocycles. The lowest BCUT2D eigenvalue weighted by Gasteiger charge is -2.20. The lowest BCUT2D eigenvalue weighted by molar-refractivity contribution is -0.139. The molecule has 0 fully saturated rings. The summed E-state index contributed by atoms with van der Waals surface area (Å²) in [5.41, 5.74) is 6.76. The second kappa shape index (κ2) is 8.08. The van der Waals surface area contributed by atoms with Crippen LogP contribution < -0.4 is 0 Å². The Morgan fingerprint density at radius 1 is 1.22 bits per heavy atom. The van der Waals surface area contributed by atoms with E-state index in [9.17, 15) is 9.90 Å². The summed E-state index contributed by atoms with van der Waals surface area (Å²) in [7, 11) is 0. The van der Waals surface area contributed by atoms with E-state index in [1.807, 2.05) is 42.6 Å². The van der Waals surface area contributed by atoms with Crippen LogP contribution in [-0.2, 0) is 16.6 Å². The first kappa shape index (κ1) is 22.1. The zero-order chi connectivity index (χ0) is 23.2. The number of rotatable bonds is 6. The van der Waals surface area contributed by atoms with Crippen LogP contribution in [0.3, 0.4) is 0 Å². The van der Waals surface area contributed by atoms with Crippen LogP contribution in [0, 0.1) is 6.92 Å². The highest BCUT2D eigenvalue weighted by molar-refractivity contribution is 5.86. The van der Waals surface area contributed by atoms with Gasteiger partial charge in [0, 0.05) is 33.2 Å². The molecule has 0 radical (unpaired) electrons. The van der Waals surface area contributed by atoms with Gasteiger partial charge in [-0.1, -0.05) is 41.0 Å². The summed E-state index contributed by atoms with van der Waals surface area (Å²) in [5, 5.41) is 16.1. The molecule has 0 aliphatic rings. The van der Waals surface area contributed by atoms with Gasteiger partial charge in [-0.25, -0.2) is 9.50 Å². The summed E-state index contributed by atoms with van der Waals surface area (Å²) in [6.07, 6.45) is 3.78. The molecule has 0 aliphatic carbocycles. The van der Waals surface area contributed by atoms with E-state index in [4.69, 9.17) is 14.5 Å². The maximum atomic E-state index is 12.3. The smallest absolute Gasteiger partial charge is 0.311 e. The molecule has 0 amide bonds. The minimum absolute atomic E-state index is 0.158. The van der Waals surface area contributed by atoms with Crippen LogP contribution in [0.1, 0.15) is 75.9 Å². The Morgan fingerprint density at radius 3 is 2.59 bits per heavy atom. The number of aromatic nitrogens is 3. The number of nitrogens with zero attached hydrogens (tertiary/aromatic N) is 3. The molecule has 1 N–H and O–H groups in total. The molecular weight excluding hydrogens is 402 g/mol. The average Bonchev–Trinajstić information content (AvgIpc) is 3.34. The Bertz CT molecular complexity index is 1310. The van der Waals surface area contributed by atoms with Crippen molar-refractivity contribution in [1.29, 1.82) is 0 Å². The van der Waals surface area contributed by atoms with E-state index < -0.39 is 11.9 Å². The van der Waals surface area contributed by atoms with Gasteiger partial charge in [0.15, 0.2) is 5.65 Å². The van der Waals surface area contributed by atoms with Crippen molar-refractivity contribution in [2.75, 3.05) is 0 Å². The number of aryl methyl sites for hydroxylation is 2. The molecule has 32 heavy (non-hydrogen) atoms. The molecule has 4 aromatic rings. The second-order valence-electron chi connectivity index (χ2n) is 9.48. The van der Waals surface area contributed by atoms with E-state index in [0.29, 0.717) is 6.42 Å². The van der Waals surface area contributed by atoms with E-state index >= 15 is 0 Å². The standard InChI is InChI=1S/C26H31N3O3/c1-7-9-19(25(30)31)21-15(3)27-24-18(8-2)23(26(4,5)6)28-29(24)22(21)17-10-11-20-16(14-17)12-13-32-20/h10-14,19H,7-9H2,1-6H3,(H,30,31). The maximum absolute atomic E-state index is 12.3. The zero-order valence-corrected chi connectivity index (χ0v) is 19.7. The first-order valence-corrected chi connectivity index (χ1v) is 11.3. The number of aliphatic carboxylic acids is 1. The largest absolute Gasteiger partial charge is 0.481 e. The molecule has 0 bridgehead atoms. The summed E-state index contributed by atoms with van der Waals surface area (Å²) in [4.78, 5) is 17.3. The fraction of sp³-hybridized carbons (Fsp3) is 0.423. The molecule has 1 atom stereocenters. The third-order valence-electron chi connectivity index (χ3n) is 6.10. The predicted octanol–water partition coefficient (Wildman–Crippen LogP) is 6.28. The highest BCUT2D eigenvalue weighted by Crippen LogP contribution is 2.38. The molecule has 4 rings (SSSR count). The molecule has 6 nitrogen and oxygen atoms in total. The van der Waals surface area contributed by atoms with Gasteiger partial charge in [-0.2, -0.15) is 5.10 Å². The van der Waals surface area contributed by atoms with Crippen molar-refractivity contribution >= 4 is 22.6 Å². The highest BCUT2D eigenvalue weighted by Gasteiger charge is 2.31. The topological polar surface area (TPSA) is 80.6 Å². The van der Waals surface area contributed by atoms with Crippen molar-refractivity contribution in [3.05, 3.63) is 53.0 Å².